The van der Waals surface area contributed by atoms with Crippen molar-refractivity contribution in [1.29, 1.82) is 0 Å². The average Bonchev–Trinajstić information content (AvgIpc) is 3.29. The topological polar surface area (TPSA) is 45.7 Å². The number of halogens is 1. The number of piperidine rings is 1. The number of likely N-dealkylation sites (tertiary alicyclic amines) is 1. The predicted molar refractivity (Wildman–Crippen MR) is 118 cm³/mol. The Labute approximate surface area is 184 Å². The molecule has 0 radical (unpaired) electrons. The third kappa shape index (κ3) is 5.89. The van der Waals surface area contributed by atoms with E-state index in [1.54, 1.807) is 12.3 Å². The summed E-state index contributed by atoms with van der Waals surface area (Å²) in [4.78, 5) is 21.8. The van der Waals surface area contributed by atoms with Crippen LogP contribution >= 0.6 is 0 Å². The van der Waals surface area contributed by atoms with Crippen LogP contribution in [-0.4, -0.2) is 59.6 Å². The lowest BCUT2D eigenvalue weighted by Gasteiger charge is -2.35. The largest absolute Gasteiger partial charge is 0.376 e. The Kier molecular flexibility index (Phi) is 7.30. The number of carbonyl (C=O) groups is 1. The summed E-state index contributed by atoms with van der Waals surface area (Å²) < 4.78 is 19.8. The van der Waals surface area contributed by atoms with Crippen LogP contribution in [0.1, 0.15) is 47.3 Å². The maximum absolute atomic E-state index is 14.0. The lowest BCUT2D eigenvalue weighted by atomic mass is 9.95. The summed E-state index contributed by atoms with van der Waals surface area (Å²) in [6.45, 7) is 6.58. The Bertz CT molecular complexity index is 859. The Hall–Kier alpha value is -2.31. The third-order valence-electron chi connectivity index (χ3n) is 6.43. The van der Waals surface area contributed by atoms with E-state index in [4.69, 9.17) is 4.74 Å². The van der Waals surface area contributed by atoms with Crippen LogP contribution in [0.4, 0.5) is 4.39 Å². The first kappa shape index (κ1) is 21.9. The van der Waals surface area contributed by atoms with Crippen LogP contribution in [0.2, 0.25) is 0 Å². The zero-order valence-electron chi connectivity index (χ0n) is 18.3. The molecule has 0 spiro atoms. The molecule has 2 aliphatic rings. The maximum atomic E-state index is 14.0. The van der Waals surface area contributed by atoms with Crippen LogP contribution in [0.3, 0.4) is 0 Å². The van der Waals surface area contributed by atoms with E-state index in [-0.39, 0.29) is 17.8 Å². The molecule has 31 heavy (non-hydrogen) atoms. The number of nitrogens with zero attached hydrogens (tertiary/aromatic N) is 3. The molecule has 2 fully saturated rings. The molecule has 0 N–H and O–H groups in total. The molecule has 1 amide bonds. The smallest absolute Gasteiger partial charge is 0.255 e. The number of carbonyl (C=O) groups excluding carboxylic acids is 1. The predicted octanol–water partition coefficient (Wildman–Crippen LogP) is 4.06. The lowest BCUT2D eigenvalue weighted by molar-refractivity contribution is 0.0444. The molecule has 4 rings (SSSR count). The number of rotatable bonds is 7. The minimum absolute atomic E-state index is 0.0387. The standard InChI is InChI=1S/C25H32FN3O2/c1-19-8-9-21(15-27-19)25(30)29(18-23-6-4-14-31-23)16-20-10-12-28(13-11-20)17-22-5-2-3-7-24(22)26/h2-3,5,7-9,15,20,23H,4,6,10-14,16-18H2,1H3. The van der Waals surface area contributed by atoms with Crippen LogP contribution < -0.4 is 0 Å². The minimum atomic E-state index is -0.135. The van der Waals surface area contributed by atoms with Gasteiger partial charge < -0.3 is 9.64 Å². The van der Waals surface area contributed by atoms with Crippen molar-refractivity contribution in [2.24, 2.45) is 5.92 Å². The van der Waals surface area contributed by atoms with Gasteiger partial charge in [-0.2, -0.15) is 0 Å². The van der Waals surface area contributed by atoms with Crippen molar-refractivity contribution in [2.75, 3.05) is 32.8 Å². The fourth-order valence-corrected chi connectivity index (χ4v) is 4.56. The highest BCUT2D eigenvalue weighted by molar-refractivity contribution is 5.94. The van der Waals surface area contributed by atoms with Crippen LogP contribution in [0, 0.1) is 18.7 Å². The van der Waals surface area contributed by atoms with Gasteiger partial charge in [-0.05, 0) is 69.8 Å². The number of benzene rings is 1. The van der Waals surface area contributed by atoms with E-state index >= 15 is 0 Å². The van der Waals surface area contributed by atoms with Crippen LogP contribution in [0.5, 0.6) is 0 Å². The first-order valence-corrected chi connectivity index (χ1v) is 11.4. The van der Waals surface area contributed by atoms with E-state index < -0.39 is 0 Å². The van der Waals surface area contributed by atoms with Gasteiger partial charge in [-0.3, -0.25) is 14.7 Å². The molecule has 0 bridgehead atoms. The number of ether oxygens (including phenoxy) is 1. The number of pyridine rings is 1. The molecule has 1 atom stereocenters. The van der Waals surface area contributed by atoms with Crippen LogP contribution in [0.15, 0.2) is 42.6 Å². The second-order valence-corrected chi connectivity index (χ2v) is 8.84. The second kappa shape index (κ2) is 10.3. The van der Waals surface area contributed by atoms with Crippen LogP contribution in [0.25, 0.3) is 0 Å². The molecule has 3 heterocycles. The highest BCUT2D eigenvalue weighted by Gasteiger charge is 2.28. The summed E-state index contributed by atoms with van der Waals surface area (Å²) in [7, 11) is 0. The summed E-state index contributed by atoms with van der Waals surface area (Å²) in [5, 5.41) is 0. The number of aromatic nitrogens is 1. The first-order chi connectivity index (χ1) is 15.1. The molecule has 1 aromatic carbocycles. The molecular formula is C25H32FN3O2. The quantitative estimate of drug-likeness (QED) is 0.671. The van der Waals surface area contributed by atoms with E-state index in [0.29, 0.717) is 24.6 Å². The Morgan fingerprint density at radius 3 is 2.65 bits per heavy atom. The van der Waals surface area contributed by atoms with E-state index in [1.165, 1.54) is 6.07 Å². The Balaban J connectivity index is 1.36. The van der Waals surface area contributed by atoms with E-state index in [1.807, 2.05) is 36.1 Å². The number of amides is 1. The Morgan fingerprint density at radius 1 is 1.16 bits per heavy atom. The third-order valence-corrected chi connectivity index (χ3v) is 6.43. The summed E-state index contributed by atoms with van der Waals surface area (Å²) >= 11 is 0. The number of hydrogen-bond acceptors (Lipinski definition) is 4. The normalized spacial score (nSPS) is 20.1. The molecule has 2 aromatic rings. The van der Waals surface area contributed by atoms with Gasteiger partial charge in [-0.15, -0.1) is 0 Å². The lowest BCUT2D eigenvalue weighted by Crippen LogP contribution is -2.43. The maximum Gasteiger partial charge on any atom is 0.255 e. The summed E-state index contributed by atoms with van der Waals surface area (Å²) in [6, 6.07) is 10.8. The average molecular weight is 426 g/mol. The molecule has 6 heteroatoms. The molecule has 0 saturated carbocycles. The number of hydrogen-bond donors (Lipinski definition) is 0. The molecule has 0 aliphatic carbocycles. The van der Waals surface area contributed by atoms with Crippen molar-refractivity contribution in [3.63, 3.8) is 0 Å². The fourth-order valence-electron chi connectivity index (χ4n) is 4.56. The van der Waals surface area contributed by atoms with E-state index in [2.05, 4.69) is 9.88 Å². The zero-order chi connectivity index (χ0) is 21.6. The highest BCUT2D eigenvalue weighted by atomic mass is 19.1. The SMILES string of the molecule is Cc1ccc(C(=O)N(CC2CCN(Cc3ccccc3F)CC2)CC2CCCO2)cn1. The minimum Gasteiger partial charge on any atom is -0.376 e. The Morgan fingerprint density at radius 2 is 1.97 bits per heavy atom. The van der Waals surface area contributed by atoms with Gasteiger partial charge >= 0.3 is 0 Å². The van der Waals surface area contributed by atoms with Crippen molar-refractivity contribution in [1.82, 2.24) is 14.8 Å². The van der Waals surface area contributed by atoms with Gasteiger partial charge in [0.15, 0.2) is 0 Å². The molecule has 2 aliphatic heterocycles. The molecule has 5 nitrogen and oxygen atoms in total. The zero-order valence-corrected chi connectivity index (χ0v) is 18.3. The van der Waals surface area contributed by atoms with Crippen molar-refractivity contribution < 1.29 is 13.9 Å². The van der Waals surface area contributed by atoms with Gasteiger partial charge in [-0.25, -0.2) is 4.39 Å². The highest BCUT2D eigenvalue weighted by Crippen LogP contribution is 2.23. The summed E-state index contributed by atoms with van der Waals surface area (Å²) in [5.74, 6) is 0.349. The summed E-state index contributed by atoms with van der Waals surface area (Å²) in [5.41, 5.74) is 2.30. The molecule has 1 aromatic heterocycles. The van der Waals surface area contributed by atoms with Gasteiger partial charge in [0.2, 0.25) is 0 Å². The van der Waals surface area contributed by atoms with Gasteiger partial charge in [0.25, 0.3) is 5.91 Å². The van der Waals surface area contributed by atoms with Crippen molar-refractivity contribution >= 4 is 5.91 Å². The summed E-state index contributed by atoms with van der Waals surface area (Å²) in [6.07, 6.45) is 5.90. The van der Waals surface area contributed by atoms with Crippen molar-refractivity contribution in [2.45, 2.75) is 45.3 Å². The number of aryl methyl sites for hydroxylation is 1. The first-order valence-electron chi connectivity index (χ1n) is 11.4. The van der Waals surface area contributed by atoms with Crippen molar-refractivity contribution in [3.05, 3.63) is 65.2 Å². The second-order valence-electron chi connectivity index (χ2n) is 8.84. The molecule has 166 valence electrons. The van der Waals surface area contributed by atoms with E-state index in [9.17, 15) is 9.18 Å². The molecule has 1 unspecified atom stereocenters. The van der Waals surface area contributed by atoms with Crippen LogP contribution in [-0.2, 0) is 11.3 Å². The fraction of sp³-hybridized carbons (Fsp3) is 0.520. The van der Waals surface area contributed by atoms with Gasteiger partial charge in [0.05, 0.1) is 11.7 Å². The molecular weight excluding hydrogens is 393 g/mol. The van der Waals surface area contributed by atoms with Gasteiger partial charge in [0, 0.05) is 43.7 Å². The van der Waals surface area contributed by atoms with Gasteiger partial charge in [0.1, 0.15) is 5.82 Å². The van der Waals surface area contributed by atoms with Crippen molar-refractivity contribution in [3.8, 4) is 0 Å². The monoisotopic (exact) mass is 425 g/mol. The van der Waals surface area contributed by atoms with Gasteiger partial charge in [-0.1, -0.05) is 18.2 Å². The van der Waals surface area contributed by atoms with E-state index in [0.717, 1.165) is 63.2 Å². The molecule has 2 saturated heterocycles.